The highest BCUT2D eigenvalue weighted by Gasteiger charge is 2.41. The van der Waals surface area contributed by atoms with Gasteiger partial charge in [0.2, 0.25) is 0 Å². The van der Waals surface area contributed by atoms with E-state index in [1.54, 1.807) is 146 Å². The van der Waals surface area contributed by atoms with E-state index in [-0.39, 0.29) is 76.4 Å². The van der Waals surface area contributed by atoms with E-state index >= 15 is 0 Å². The van der Waals surface area contributed by atoms with Crippen LogP contribution in [0.1, 0.15) is 197 Å². The lowest BCUT2D eigenvalue weighted by atomic mass is 9.85. The molecule has 4 atom stereocenters. The van der Waals surface area contributed by atoms with E-state index in [1.165, 1.54) is 71.8 Å². The van der Waals surface area contributed by atoms with Gasteiger partial charge in [-0.3, -0.25) is 28.8 Å². The molecule has 0 saturated heterocycles. The second-order valence-electron chi connectivity index (χ2n) is 37.2. The predicted octanol–water partition coefficient (Wildman–Crippen LogP) is 19.0. The number of benzene rings is 6. The Bertz CT molecular complexity index is 7590. The number of fused-ring (bicyclic) bond motifs is 12. The molecular formula is C105H96Br3Cl3N24O8. The molecule has 6 aliphatic heterocycles. The Hall–Kier alpha value is -14.2. The van der Waals surface area contributed by atoms with Crippen molar-refractivity contribution < 1.29 is 38.6 Å². The molecule has 0 aliphatic carbocycles. The number of aromatic hydroxyl groups is 1. The van der Waals surface area contributed by atoms with Gasteiger partial charge in [-0.1, -0.05) is 156 Å². The topological polar surface area (TPSA) is 332 Å². The summed E-state index contributed by atoms with van der Waals surface area (Å²) in [5, 5.41) is 37.5. The number of carbonyl (C=O) groups is 6. The van der Waals surface area contributed by atoms with E-state index in [9.17, 15) is 33.9 Å². The summed E-state index contributed by atoms with van der Waals surface area (Å²) in [6, 6.07) is 55.4. The van der Waals surface area contributed by atoms with Crippen molar-refractivity contribution in [2.45, 2.75) is 155 Å². The van der Waals surface area contributed by atoms with Crippen molar-refractivity contribution in [1.29, 1.82) is 0 Å². The summed E-state index contributed by atoms with van der Waals surface area (Å²) in [6.07, 6.45) is 25.0. The highest BCUT2D eigenvalue weighted by molar-refractivity contribution is 9.11. The number of amides is 6. The molecule has 12 aromatic heterocycles. The minimum atomic E-state index is -0.272. The molecule has 6 aliphatic rings. The molecule has 0 fully saturated rings. The summed E-state index contributed by atoms with van der Waals surface area (Å²) < 4.78 is 17.1. The van der Waals surface area contributed by atoms with Crippen LogP contribution in [-0.2, 0) is 64.7 Å². The number of rotatable bonds is 7. The van der Waals surface area contributed by atoms with Gasteiger partial charge in [-0.25, -0.2) is 57.0 Å². The Labute approximate surface area is 861 Å². The van der Waals surface area contributed by atoms with Gasteiger partial charge in [0.1, 0.15) is 0 Å². The standard InChI is InChI=1S/C18H17BrN4O3.C18H17BrN4O.C18H17ClN4O.C17H15BrN4O.2C17H15ClN4O/c1-10-13-6-16(26-2)15(24)5-11(13)3-4-22(10)18(25)14-7-17-20-8-12(19)9-23(17)21-14;2*1-18(2)8-12-5-3-4-6-13(12)10-22(18)17(24)15-7-16-20-9-14(19)11-23(16)21-15;2*1-11-6-12-4-2-3-5-13(12)9-21(11)17(23)15-7-16-19-8-14(18)10-22(16)20-15;1-11-14-5-3-2-4-12(14)6-7-21(11)17(23)15-8-16-19-9-13(18)10-22(16)20-15/h5-10,24H,3-4H2,1-2H3;2*3-7,9,11H,8,10H2,1-2H3;2*2-5,7-8,10-11H,6,9H2,1H3;2-5,8-11H,6-7H2,1H3. The van der Waals surface area contributed by atoms with E-state index in [0.29, 0.717) is 135 Å². The number of hydrogen-bond donors (Lipinski definition) is 1. The number of halogens is 6. The van der Waals surface area contributed by atoms with Gasteiger partial charge in [-0.15, -0.1) is 0 Å². The van der Waals surface area contributed by atoms with Gasteiger partial charge in [-0.2, -0.15) is 30.6 Å². The third kappa shape index (κ3) is 20.7. The van der Waals surface area contributed by atoms with Gasteiger partial charge in [0.25, 0.3) is 35.4 Å². The summed E-state index contributed by atoms with van der Waals surface area (Å²) in [7, 11) is 1.51. The summed E-state index contributed by atoms with van der Waals surface area (Å²) in [5.74, 6) is 0.0434. The zero-order chi connectivity index (χ0) is 100. The average Bonchev–Trinajstić information content (AvgIpc) is 1.55. The van der Waals surface area contributed by atoms with Crippen molar-refractivity contribution in [1.82, 2.24) is 117 Å². The molecule has 6 aromatic carbocycles. The van der Waals surface area contributed by atoms with Crippen LogP contribution in [0.25, 0.3) is 33.9 Å². The lowest BCUT2D eigenvalue weighted by molar-refractivity contribution is 0.0473. The second-order valence-corrected chi connectivity index (χ2v) is 41.3. The fraction of sp³-hybridized carbons (Fsp3) is 0.257. The number of nitrogens with zero attached hydrogens (tertiary/aromatic N) is 24. The lowest BCUT2D eigenvalue weighted by Gasteiger charge is -2.43. The molecule has 0 radical (unpaired) electrons. The van der Waals surface area contributed by atoms with Crippen LogP contribution in [0.15, 0.2) is 258 Å². The Kier molecular flexibility index (Phi) is 27.7. The number of aromatic nitrogens is 18. The van der Waals surface area contributed by atoms with E-state index < -0.39 is 0 Å². The van der Waals surface area contributed by atoms with Crippen molar-refractivity contribution in [2.75, 3.05) is 20.2 Å². The smallest absolute Gasteiger partial charge is 0.275 e. The molecule has 1 N–H and O–H groups in total. The molecular weight excluding hydrogens is 2070 g/mol. The number of ether oxygens (including phenoxy) is 1. The van der Waals surface area contributed by atoms with Gasteiger partial charge >= 0.3 is 0 Å². The van der Waals surface area contributed by atoms with E-state index in [4.69, 9.17) is 39.5 Å². The number of carbonyl (C=O) groups excluding carboxylic acids is 6. The van der Waals surface area contributed by atoms with Crippen molar-refractivity contribution >= 4 is 152 Å². The van der Waals surface area contributed by atoms with Crippen LogP contribution in [0.5, 0.6) is 11.5 Å². The Morgan fingerprint density at radius 2 is 0.629 bits per heavy atom. The Balaban J connectivity index is 0.000000109. The van der Waals surface area contributed by atoms with Gasteiger partial charge in [0.15, 0.2) is 79.5 Å². The van der Waals surface area contributed by atoms with Gasteiger partial charge in [0, 0.05) is 155 Å². The molecule has 0 spiro atoms. The summed E-state index contributed by atoms with van der Waals surface area (Å²) in [6.45, 7) is 20.2. The third-order valence-electron chi connectivity index (χ3n) is 26.7. The van der Waals surface area contributed by atoms with Crippen molar-refractivity contribution in [3.63, 3.8) is 0 Å². The minimum absolute atomic E-state index is 0.0359. The lowest BCUT2D eigenvalue weighted by Crippen LogP contribution is -2.51. The summed E-state index contributed by atoms with van der Waals surface area (Å²) in [5.41, 5.74) is 20.2. The van der Waals surface area contributed by atoms with Crippen LogP contribution >= 0.6 is 82.6 Å². The maximum Gasteiger partial charge on any atom is 0.275 e. The van der Waals surface area contributed by atoms with E-state index in [2.05, 4.69) is 230 Å². The minimum Gasteiger partial charge on any atom is -0.504 e. The fourth-order valence-electron chi connectivity index (χ4n) is 19.2. The van der Waals surface area contributed by atoms with Crippen molar-refractivity contribution in [3.05, 3.63) is 374 Å². The molecule has 32 nitrogen and oxygen atoms in total. The first kappa shape index (κ1) is 97.6. The maximum atomic E-state index is 13.1. The maximum absolute atomic E-state index is 13.1. The fourth-order valence-corrected chi connectivity index (χ4v) is 20.5. The molecule has 0 bridgehead atoms. The summed E-state index contributed by atoms with van der Waals surface area (Å²) in [4.78, 5) is 114. The quantitative estimate of drug-likeness (QED) is 0.155. The monoisotopic (exact) mass is 2160 g/mol. The molecule has 24 rings (SSSR count). The van der Waals surface area contributed by atoms with Crippen molar-refractivity contribution in [2.24, 2.45) is 0 Å². The van der Waals surface area contributed by atoms with Crippen LogP contribution in [0.3, 0.4) is 0 Å². The molecule has 6 amide bonds. The Morgan fingerprint density at radius 3 is 0.986 bits per heavy atom. The van der Waals surface area contributed by atoms with E-state index in [1.807, 2.05) is 80.0 Å². The molecule has 18 aromatic rings. The summed E-state index contributed by atoms with van der Waals surface area (Å²) >= 11 is 27.9. The first-order valence-electron chi connectivity index (χ1n) is 46.4. The van der Waals surface area contributed by atoms with Crippen LogP contribution < -0.4 is 4.74 Å². The normalized spacial score (nSPS) is 16.8. The number of methoxy groups -OCH3 is 1. The van der Waals surface area contributed by atoms with Gasteiger partial charge in [0.05, 0.1) is 66.3 Å². The molecule has 18 heterocycles. The highest BCUT2D eigenvalue weighted by atomic mass is 79.9. The number of phenols is 1. The number of phenolic OH excluding ortho intramolecular Hbond substituents is 1. The van der Waals surface area contributed by atoms with Gasteiger partial charge < -0.3 is 39.2 Å². The van der Waals surface area contributed by atoms with Gasteiger partial charge in [-0.05, 0) is 221 Å². The second kappa shape index (κ2) is 40.6. The van der Waals surface area contributed by atoms with Crippen molar-refractivity contribution in [3.8, 4) is 11.5 Å². The molecule has 726 valence electrons. The molecule has 143 heavy (non-hydrogen) atoms. The molecule has 0 saturated carbocycles. The first-order chi connectivity index (χ1) is 68.7. The zero-order valence-electron chi connectivity index (χ0n) is 79.2. The average molecular weight is 2170 g/mol. The van der Waals surface area contributed by atoms with Crippen LogP contribution in [0.2, 0.25) is 15.1 Å². The van der Waals surface area contributed by atoms with Crippen LogP contribution in [0, 0.1) is 0 Å². The first-order valence-corrected chi connectivity index (χ1v) is 49.9. The Morgan fingerprint density at radius 1 is 0.343 bits per heavy atom. The zero-order valence-corrected chi connectivity index (χ0v) is 86.2. The molecule has 4 unspecified atom stereocenters. The number of hydrogen-bond acceptors (Lipinski definition) is 20. The molecule has 38 heteroatoms. The van der Waals surface area contributed by atoms with Crippen LogP contribution in [0.4, 0.5) is 0 Å². The van der Waals surface area contributed by atoms with E-state index in [0.717, 1.165) is 56.6 Å². The predicted molar refractivity (Wildman–Crippen MR) is 551 cm³/mol. The highest BCUT2D eigenvalue weighted by Crippen LogP contribution is 2.41. The SMILES string of the molecule is CC1(C)Cc2ccccc2CN1C(=O)c1cc2ncc(Br)cn2n1.CC1(C)Cc2ccccc2CN1C(=O)c1cc2ncc(Cl)cn2n1.CC1Cc2ccccc2CN1C(=O)c1cc2ncc(Br)cn2n1.CC1Cc2ccccc2CN1C(=O)c1cc2ncc(Cl)cn2n1.CC1c2ccccc2CCN1C(=O)c1cc2ncc(Cl)cn2n1.COc1cc2c(cc1O)CCN(C(=O)c1cc3ncc(Br)cn3n1)C2C. The van der Waals surface area contributed by atoms with Crippen LogP contribution in [-0.4, -0.2) is 201 Å². The third-order valence-corrected chi connectivity index (χ3v) is 28.5. The largest absolute Gasteiger partial charge is 0.504 e.